The van der Waals surface area contributed by atoms with Crippen LogP contribution >= 0.6 is 0 Å². The minimum Gasteiger partial charge on any atom is -0.349 e. The van der Waals surface area contributed by atoms with Crippen LogP contribution in [0, 0.1) is 0 Å². The Morgan fingerprint density at radius 3 is 2.57 bits per heavy atom. The second-order valence-corrected chi connectivity index (χ2v) is 7.42. The second-order valence-electron chi connectivity index (χ2n) is 7.42. The van der Waals surface area contributed by atoms with E-state index in [1.807, 2.05) is 12.1 Å². The van der Waals surface area contributed by atoms with E-state index >= 15 is 0 Å². The Kier molecular flexibility index (Phi) is 5.58. The molecule has 1 unspecified atom stereocenters. The average Bonchev–Trinajstić information content (AvgIpc) is 2.61. The number of amides is 1. The molecule has 3 rings (SSSR count). The maximum Gasteiger partial charge on any atom is 0.408 e. The van der Waals surface area contributed by atoms with Gasteiger partial charge in [-0.1, -0.05) is 26.0 Å². The van der Waals surface area contributed by atoms with E-state index in [9.17, 15) is 22.8 Å². The number of fused-ring (bicyclic) bond motifs is 1. The number of alkyl halides is 3. The molecule has 0 saturated carbocycles. The molecule has 1 aromatic carbocycles. The lowest BCUT2D eigenvalue weighted by Crippen LogP contribution is -2.40. The lowest BCUT2D eigenvalue weighted by Gasteiger charge is -2.25. The first-order chi connectivity index (χ1) is 13.1. The van der Waals surface area contributed by atoms with E-state index in [0.717, 1.165) is 5.56 Å². The molecule has 0 aliphatic heterocycles. The Bertz CT molecular complexity index is 918. The summed E-state index contributed by atoms with van der Waals surface area (Å²) in [5.74, 6) is 0.169. The number of hydrogen-bond acceptors (Lipinski definition) is 3. The van der Waals surface area contributed by atoms with Crippen molar-refractivity contribution >= 4 is 5.91 Å². The van der Waals surface area contributed by atoms with Crippen LogP contribution in [0.1, 0.15) is 53.4 Å². The van der Waals surface area contributed by atoms with Gasteiger partial charge in [-0.2, -0.15) is 18.3 Å². The lowest BCUT2D eigenvalue weighted by molar-refractivity contribution is -0.143. The van der Waals surface area contributed by atoms with Gasteiger partial charge in [0.15, 0.2) is 0 Å². The molecule has 5 nitrogen and oxygen atoms in total. The van der Waals surface area contributed by atoms with E-state index in [-0.39, 0.29) is 11.9 Å². The molecule has 0 saturated heterocycles. The third-order valence-electron chi connectivity index (χ3n) is 4.86. The highest BCUT2D eigenvalue weighted by molar-refractivity contribution is 5.94. The molecule has 1 N–H and O–H groups in total. The summed E-state index contributed by atoms with van der Waals surface area (Å²) in [6, 6.07) is 8.40. The van der Waals surface area contributed by atoms with Crippen LogP contribution < -0.4 is 10.9 Å². The molecular weight excluding hydrogens is 371 g/mol. The van der Waals surface area contributed by atoms with E-state index in [0.29, 0.717) is 46.7 Å². The molecule has 150 valence electrons. The standard InChI is InChI=1S/C20H22F3N3O2/c1-12(2)13-3-5-14(6-4-13)19(28)24-16-7-8-17-15(9-16)10-18(27)26(25-17)11-20(21,22)23/h3-6,10,12,16H,7-9,11H2,1-2H3,(H,24,28). The molecule has 0 spiro atoms. The SMILES string of the molecule is CC(C)c1ccc(C(=O)NC2CCc3nn(CC(F)(F)F)c(=O)cc3C2)cc1. The van der Waals surface area contributed by atoms with Crippen LogP contribution in [0.3, 0.4) is 0 Å². The third-order valence-corrected chi connectivity index (χ3v) is 4.86. The van der Waals surface area contributed by atoms with E-state index in [4.69, 9.17) is 0 Å². The first-order valence-electron chi connectivity index (χ1n) is 9.20. The Hall–Kier alpha value is -2.64. The van der Waals surface area contributed by atoms with Crippen LogP contribution in [0.5, 0.6) is 0 Å². The van der Waals surface area contributed by atoms with E-state index in [2.05, 4.69) is 24.3 Å². The molecule has 1 heterocycles. The van der Waals surface area contributed by atoms with Crippen LogP contribution in [0.2, 0.25) is 0 Å². The van der Waals surface area contributed by atoms with Gasteiger partial charge in [0.2, 0.25) is 0 Å². The smallest absolute Gasteiger partial charge is 0.349 e. The van der Waals surface area contributed by atoms with Crippen molar-refractivity contribution < 1.29 is 18.0 Å². The fourth-order valence-corrected chi connectivity index (χ4v) is 3.33. The number of carbonyl (C=O) groups is 1. The zero-order valence-corrected chi connectivity index (χ0v) is 15.7. The summed E-state index contributed by atoms with van der Waals surface area (Å²) in [4.78, 5) is 24.4. The van der Waals surface area contributed by atoms with Gasteiger partial charge >= 0.3 is 6.18 Å². The van der Waals surface area contributed by atoms with Gasteiger partial charge in [-0.3, -0.25) is 9.59 Å². The topological polar surface area (TPSA) is 64.0 Å². The van der Waals surface area contributed by atoms with Crippen LogP contribution in [-0.4, -0.2) is 27.9 Å². The van der Waals surface area contributed by atoms with Gasteiger partial charge in [0, 0.05) is 17.7 Å². The summed E-state index contributed by atoms with van der Waals surface area (Å²) in [5, 5.41) is 6.81. The number of rotatable bonds is 4. The number of hydrogen-bond donors (Lipinski definition) is 1. The quantitative estimate of drug-likeness (QED) is 0.868. The predicted octanol–water partition coefficient (Wildman–Crippen LogP) is 3.22. The normalized spacial score (nSPS) is 16.7. The van der Waals surface area contributed by atoms with Crippen molar-refractivity contribution in [2.45, 2.75) is 57.8 Å². The number of benzene rings is 1. The monoisotopic (exact) mass is 393 g/mol. The van der Waals surface area contributed by atoms with Crippen molar-refractivity contribution in [1.82, 2.24) is 15.1 Å². The van der Waals surface area contributed by atoms with Crippen LogP contribution in [0.15, 0.2) is 35.1 Å². The predicted molar refractivity (Wildman–Crippen MR) is 98.4 cm³/mol. The first kappa shape index (κ1) is 20.1. The Labute approximate surface area is 160 Å². The number of halogens is 3. The Balaban J connectivity index is 1.69. The van der Waals surface area contributed by atoms with Crippen LogP contribution in [0.4, 0.5) is 13.2 Å². The van der Waals surface area contributed by atoms with E-state index in [1.165, 1.54) is 6.07 Å². The van der Waals surface area contributed by atoms with Gasteiger partial charge in [-0.25, -0.2) is 4.68 Å². The molecule has 1 aromatic heterocycles. The molecule has 1 aliphatic rings. The fourth-order valence-electron chi connectivity index (χ4n) is 3.33. The molecule has 1 atom stereocenters. The second kappa shape index (κ2) is 7.77. The van der Waals surface area contributed by atoms with Crippen LogP contribution in [0.25, 0.3) is 0 Å². The highest BCUT2D eigenvalue weighted by atomic mass is 19.4. The molecule has 0 radical (unpaired) electrons. The van der Waals surface area contributed by atoms with Crippen LogP contribution in [-0.2, 0) is 19.4 Å². The van der Waals surface area contributed by atoms with E-state index in [1.54, 1.807) is 12.1 Å². The van der Waals surface area contributed by atoms with Gasteiger partial charge < -0.3 is 5.32 Å². The molecule has 1 amide bonds. The van der Waals surface area contributed by atoms with Gasteiger partial charge in [0.1, 0.15) is 6.54 Å². The number of nitrogens with zero attached hydrogens (tertiary/aromatic N) is 2. The van der Waals surface area contributed by atoms with E-state index < -0.39 is 18.3 Å². The number of nitrogens with one attached hydrogen (secondary N) is 1. The molecule has 28 heavy (non-hydrogen) atoms. The number of carbonyl (C=O) groups excluding carboxylic acids is 1. The van der Waals surface area contributed by atoms with Gasteiger partial charge in [0.05, 0.1) is 5.69 Å². The van der Waals surface area contributed by atoms with Crippen molar-refractivity contribution in [1.29, 1.82) is 0 Å². The Morgan fingerprint density at radius 2 is 1.96 bits per heavy atom. The summed E-state index contributed by atoms with van der Waals surface area (Å²) >= 11 is 0. The number of aryl methyl sites for hydroxylation is 1. The van der Waals surface area contributed by atoms with Crippen molar-refractivity contribution in [3.8, 4) is 0 Å². The van der Waals surface area contributed by atoms with Gasteiger partial charge in [-0.05, 0) is 48.4 Å². The van der Waals surface area contributed by atoms with Crippen molar-refractivity contribution in [2.75, 3.05) is 0 Å². The molecule has 1 aliphatic carbocycles. The average molecular weight is 393 g/mol. The summed E-state index contributed by atoms with van der Waals surface area (Å²) < 4.78 is 38.1. The first-order valence-corrected chi connectivity index (χ1v) is 9.20. The molecule has 8 heteroatoms. The summed E-state index contributed by atoms with van der Waals surface area (Å²) in [7, 11) is 0. The van der Waals surface area contributed by atoms with Crippen molar-refractivity contribution in [3.05, 3.63) is 63.1 Å². The summed E-state index contributed by atoms with van der Waals surface area (Å²) in [5.41, 5.74) is 1.98. The minimum absolute atomic E-state index is 0.190. The zero-order valence-electron chi connectivity index (χ0n) is 15.7. The highest BCUT2D eigenvalue weighted by Gasteiger charge is 2.30. The maximum atomic E-state index is 12.5. The van der Waals surface area contributed by atoms with Crippen molar-refractivity contribution in [3.63, 3.8) is 0 Å². The van der Waals surface area contributed by atoms with Gasteiger partial charge in [0.25, 0.3) is 11.5 Å². The lowest BCUT2D eigenvalue weighted by atomic mass is 9.92. The fraction of sp³-hybridized carbons (Fsp3) is 0.450. The molecule has 2 aromatic rings. The minimum atomic E-state index is -4.50. The molecule has 0 bridgehead atoms. The number of aromatic nitrogens is 2. The zero-order chi connectivity index (χ0) is 20.5. The summed E-state index contributed by atoms with van der Waals surface area (Å²) in [6.45, 7) is 2.75. The molecule has 0 fully saturated rings. The Morgan fingerprint density at radius 1 is 1.29 bits per heavy atom. The largest absolute Gasteiger partial charge is 0.408 e. The van der Waals surface area contributed by atoms with Gasteiger partial charge in [-0.15, -0.1) is 0 Å². The maximum absolute atomic E-state index is 12.5. The summed E-state index contributed by atoms with van der Waals surface area (Å²) in [6.07, 6.45) is -3.16. The third kappa shape index (κ3) is 4.79. The molecular formula is C20H22F3N3O2. The highest BCUT2D eigenvalue weighted by Crippen LogP contribution is 2.21. The van der Waals surface area contributed by atoms with Crippen molar-refractivity contribution in [2.24, 2.45) is 0 Å².